The molecule has 1 N–H and O–H groups in total. The number of carbonyl (C=O) groups excluding carboxylic acids is 2. The Morgan fingerprint density at radius 2 is 2.06 bits per heavy atom. The molecule has 3 heteroatoms. The highest BCUT2D eigenvalue weighted by Gasteiger charge is 2.43. The van der Waals surface area contributed by atoms with Crippen LogP contribution in [-0.2, 0) is 9.59 Å². The average molecular weight is 223 g/mol. The molecule has 2 bridgehead atoms. The summed E-state index contributed by atoms with van der Waals surface area (Å²) in [5.41, 5.74) is 0. The molecule has 1 amide bonds. The van der Waals surface area contributed by atoms with E-state index >= 15 is 0 Å². The van der Waals surface area contributed by atoms with Gasteiger partial charge in [0, 0.05) is 12.3 Å². The van der Waals surface area contributed by atoms with Crippen molar-refractivity contribution < 1.29 is 9.59 Å². The molecule has 0 radical (unpaired) electrons. The first kappa shape index (κ1) is 11.6. The summed E-state index contributed by atoms with van der Waals surface area (Å²) in [5.74, 6) is 1.79. The van der Waals surface area contributed by atoms with Gasteiger partial charge in [0.1, 0.15) is 0 Å². The highest BCUT2D eigenvalue weighted by molar-refractivity contribution is 5.89. The molecule has 0 saturated heterocycles. The molecule has 0 aliphatic heterocycles. The van der Waals surface area contributed by atoms with Crippen molar-refractivity contribution in [3.05, 3.63) is 0 Å². The van der Waals surface area contributed by atoms with E-state index in [1.807, 2.05) is 6.92 Å². The summed E-state index contributed by atoms with van der Waals surface area (Å²) in [7, 11) is 0. The molecule has 0 aromatic carbocycles. The monoisotopic (exact) mass is 223 g/mol. The van der Waals surface area contributed by atoms with Gasteiger partial charge in [-0.15, -0.1) is 0 Å². The second-order valence-electron chi connectivity index (χ2n) is 5.33. The summed E-state index contributed by atoms with van der Waals surface area (Å²) in [4.78, 5) is 23.4. The molecule has 2 aliphatic rings. The molecule has 2 fully saturated rings. The van der Waals surface area contributed by atoms with Crippen molar-refractivity contribution in [2.24, 2.45) is 17.8 Å². The number of fused-ring (bicyclic) bond motifs is 2. The van der Waals surface area contributed by atoms with Crippen LogP contribution in [0.4, 0.5) is 0 Å². The number of ketones is 1. The first-order valence-corrected chi connectivity index (χ1v) is 6.45. The maximum absolute atomic E-state index is 12.0. The van der Waals surface area contributed by atoms with E-state index in [4.69, 9.17) is 0 Å². The lowest BCUT2D eigenvalue weighted by atomic mass is 9.88. The average Bonchev–Trinajstić information content (AvgIpc) is 2.89. The summed E-state index contributed by atoms with van der Waals surface area (Å²) in [6.07, 6.45) is 5.28. The highest BCUT2D eigenvalue weighted by atomic mass is 16.2. The summed E-state index contributed by atoms with van der Waals surface area (Å²) >= 11 is 0. The van der Waals surface area contributed by atoms with Gasteiger partial charge >= 0.3 is 0 Å². The number of nitrogens with one attached hydrogen (secondary N) is 1. The molecular formula is C13H21NO2. The topological polar surface area (TPSA) is 46.2 Å². The van der Waals surface area contributed by atoms with E-state index in [0.717, 1.165) is 12.3 Å². The Morgan fingerprint density at radius 3 is 2.56 bits per heavy atom. The van der Waals surface area contributed by atoms with Crippen molar-refractivity contribution in [2.75, 3.05) is 0 Å². The second kappa shape index (κ2) is 4.56. The number of amides is 1. The first-order chi connectivity index (χ1) is 7.61. The first-order valence-electron chi connectivity index (χ1n) is 6.45. The van der Waals surface area contributed by atoms with E-state index in [9.17, 15) is 9.59 Å². The lowest BCUT2D eigenvalue weighted by molar-refractivity contribution is -0.130. The molecule has 4 atom stereocenters. The minimum absolute atomic E-state index is 0.113. The molecule has 0 aromatic rings. The van der Waals surface area contributed by atoms with Gasteiger partial charge in [0.05, 0.1) is 6.04 Å². The molecule has 2 aliphatic carbocycles. The lowest BCUT2D eigenvalue weighted by Crippen LogP contribution is -2.42. The molecule has 90 valence electrons. The largest absolute Gasteiger partial charge is 0.346 e. The Labute approximate surface area is 97.0 Å². The Kier molecular flexibility index (Phi) is 3.31. The van der Waals surface area contributed by atoms with Gasteiger partial charge in [-0.25, -0.2) is 0 Å². The smallest absolute Gasteiger partial charge is 0.223 e. The van der Waals surface area contributed by atoms with Gasteiger partial charge in [0.15, 0.2) is 5.78 Å². The molecule has 3 nitrogen and oxygen atoms in total. The van der Waals surface area contributed by atoms with Crippen LogP contribution in [0.15, 0.2) is 0 Å². The van der Waals surface area contributed by atoms with E-state index in [1.54, 1.807) is 6.92 Å². The molecular weight excluding hydrogens is 202 g/mol. The van der Waals surface area contributed by atoms with Gasteiger partial charge in [-0.2, -0.15) is 0 Å². The van der Waals surface area contributed by atoms with E-state index in [0.29, 0.717) is 12.3 Å². The molecule has 16 heavy (non-hydrogen) atoms. The fourth-order valence-corrected chi connectivity index (χ4v) is 3.27. The maximum Gasteiger partial charge on any atom is 0.223 e. The van der Waals surface area contributed by atoms with Crippen LogP contribution in [0.5, 0.6) is 0 Å². The van der Waals surface area contributed by atoms with Crippen LogP contribution in [-0.4, -0.2) is 17.7 Å². The molecule has 2 saturated carbocycles. The zero-order valence-corrected chi connectivity index (χ0v) is 10.2. The third-order valence-electron chi connectivity index (χ3n) is 4.27. The molecule has 4 unspecified atom stereocenters. The van der Waals surface area contributed by atoms with Crippen molar-refractivity contribution >= 4 is 11.7 Å². The molecule has 0 aromatic heterocycles. The van der Waals surface area contributed by atoms with Crippen molar-refractivity contribution in [3.63, 3.8) is 0 Å². The third kappa shape index (κ3) is 2.13. The normalized spacial score (nSPS) is 33.8. The van der Waals surface area contributed by atoms with Crippen molar-refractivity contribution in [1.82, 2.24) is 5.32 Å². The molecule has 0 spiro atoms. The molecule has 2 rings (SSSR count). The van der Waals surface area contributed by atoms with Gasteiger partial charge < -0.3 is 5.32 Å². The Balaban J connectivity index is 1.87. The van der Waals surface area contributed by atoms with Crippen LogP contribution in [0.2, 0.25) is 0 Å². The predicted molar refractivity (Wildman–Crippen MR) is 61.8 cm³/mol. The number of hydrogen-bond donors (Lipinski definition) is 1. The van der Waals surface area contributed by atoms with Crippen LogP contribution < -0.4 is 5.32 Å². The molecule has 0 heterocycles. The second-order valence-corrected chi connectivity index (χ2v) is 5.33. The maximum atomic E-state index is 12.0. The van der Waals surface area contributed by atoms with Crippen LogP contribution >= 0.6 is 0 Å². The Hall–Kier alpha value is -0.860. The number of hydrogen-bond acceptors (Lipinski definition) is 2. The highest BCUT2D eigenvalue weighted by Crippen LogP contribution is 2.48. The van der Waals surface area contributed by atoms with Gasteiger partial charge in [0.2, 0.25) is 5.91 Å². The van der Waals surface area contributed by atoms with Crippen LogP contribution in [0.25, 0.3) is 0 Å². The van der Waals surface area contributed by atoms with E-state index in [1.165, 1.54) is 19.3 Å². The standard InChI is InChI=1S/C13H21NO2/c1-3-12(15)8(2)14-13(16)11-7-9-4-5-10(11)6-9/h8-11H,3-7H2,1-2H3,(H,14,16). The van der Waals surface area contributed by atoms with Crippen molar-refractivity contribution in [1.29, 1.82) is 0 Å². The van der Waals surface area contributed by atoms with Gasteiger partial charge in [-0.3, -0.25) is 9.59 Å². The summed E-state index contributed by atoms with van der Waals surface area (Å²) < 4.78 is 0. The summed E-state index contributed by atoms with van der Waals surface area (Å²) in [6, 6.07) is -0.309. The Morgan fingerprint density at radius 1 is 1.31 bits per heavy atom. The summed E-state index contributed by atoms with van der Waals surface area (Å²) in [6.45, 7) is 3.62. The number of rotatable bonds is 4. The van der Waals surface area contributed by atoms with Gasteiger partial charge in [-0.1, -0.05) is 13.3 Å². The van der Waals surface area contributed by atoms with E-state index in [2.05, 4.69) is 5.32 Å². The number of carbonyl (C=O) groups is 2. The third-order valence-corrected chi connectivity index (χ3v) is 4.27. The SMILES string of the molecule is CCC(=O)C(C)NC(=O)C1CC2CCC1C2. The fraction of sp³-hybridized carbons (Fsp3) is 0.846. The zero-order chi connectivity index (χ0) is 11.7. The van der Waals surface area contributed by atoms with Crippen LogP contribution in [0.3, 0.4) is 0 Å². The minimum Gasteiger partial charge on any atom is -0.346 e. The van der Waals surface area contributed by atoms with Crippen LogP contribution in [0, 0.1) is 17.8 Å². The van der Waals surface area contributed by atoms with Gasteiger partial charge in [0.25, 0.3) is 0 Å². The zero-order valence-electron chi connectivity index (χ0n) is 10.2. The van der Waals surface area contributed by atoms with E-state index in [-0.39, 0.29) is 23.7 Å². The van der Waals surface area contributed by atoms with Crippen molar-refractivity contribution in [2.45, 2.75) is 52.0 Å². The quantitative estimate of drug-likeness (QED) is 0.791. The van der Waals surface area contributed by atoms with E-state index < -0.39 is 0 Å². The summed E-state index contributed by atoms with van der Waals surface area (Å²) in [5, 5.41) is 2.87. The Bertz CT molecular complexity index is 300. The fourth-order valence-electron chi connectivity index (χ4n) is 3.27. The van der Waals surface area contributed by atoms with Crippen LogP contribution in [0.1, 0.15) is 46.0 Å². The van der Waals surface area contributed by atoms with Gasteiger partial charge in [-0.05, 0) is 38.0 Å². The minimum atomic E-state index is -0.309. The van der Waals surface area contributed by atoms with Crippen molar-refractivity contribution in [3.8, 4) is 0 Å². The number of Topliss-reactive ketones (excluding diaryl/α,β-unsaturated/α-hetero) is 1. The lowest BCUT2D eigenvalue weighted by Gasteiger charge is -2.22. The predicted octanol–water partition coefficient (Wildman–Crippen LogP) is 1.91.